The van der Waals surface area contributed by atoms with E-state index >= 15 is 0 Å². The first-order valence-electron chi connectivity index (χ1n) is 5.12. The van der Waals surface area contributed by atoms with Gasteiger partial charge in [-0.3, -0.25) is 4.79 Å². The Kier molecular flexibility index (Phi) is 4.06. The minimum absolute atomic E-state index is 0.0893. The van der Waals surface area contributed by atoms with Gasteiger partial charge in [0, 0.05) is 6.54 Å². The zero-order chi connectivity index (χ0) is 11.4. The third kappa shape index (κ3) is 2.91. The van der Waals surface area contributed by atoms with E-state index in [0.29, 0.717) is 19.7 Å². The Bertz CT molecular complexity index is 272. The number of amides is 1. The van der Waals surface area contributed by atoms with Crippen LogP contribution in [0.4, 0.5) is 0 Å². The first kappa shape index (κ1) is 12.0. The van der Waals surface area contributed by atoms with Crippen LogP contribution >= 0.6 is 0 Å². The lowest BCUT2D eigenvalue weighted by molar-refractivity contribution is -0.139. The fourth-order valence-electron chi connectivity index (χ4n) is 1.42. The van der Waals surface area contributed by atoms with E-state index in [9.17, 15) is 4.79 Å². The van der Waals surface area contributed by atoms with Gasteiger partial charge in [-0.2, -0.15) is 5.26 Å². The van der Waals surface area contributed by atoms with Crippen LogP contribution in [0.25, 0.3) is 0 Å². The van der Waals surface area contributed by atoms with Gasteiger partial charge in [0.25, 0.3) is 0 Å². The number of hydrogen-bond donors (Lipinski definition) is 1. The molecular weight excluding hydrogens is 194 g/mol. The highest BCUT2D eigenvalue weighted by atomic mass is 16.5. The molecule has 5 nitrogen and oxygen atoms in total. The lowest BCUT2D eigenvalue weighted by Gasteiger charge is -2.32. The van der Waals surface area contributed by atoms with Gasteiger partial charge in [0.15, 0.2) is 6.10 Å². The van der Waals surface area contributed by atoms with Gasteiger partial charge >= 0.3 is 0 Å². The Morgan fingerprint density at radius 1 is 1.67 bits per heavy atom. The molecule has 1 aliphatic rings. The molecule has 0 aromatic carbocycles. The molecule has 1 fully saturated rings. The van der Waals surface area contributed by atoms with Gasteiger partial charge in [-0.05, 0) is 5.92 Å². The summed E-state index contributed by atoms with van der Waals surface area (Å²) in [6.07, 6.45) is -0.512. The summed E-state index contributed by atoms with van der Waals surface area (Å²) in [5.41, 5.74) is 5.76. The first-order valence-corrected chi connectivity index (χ1v) is 5.12. The van der Waals surface area contributed by atoms with Crippen molar-refractivity contribution in [3.63, 3.8) is 0 Å². The number of nitrogens with two attached hydrogens (primary N) is 1. The summed E-state index contributed by atoms with van der Waals surface area (Å²) in [4.78, 5) is 13.5. The van der Waals surface area contributed by atoms with Crippen molar-refractivity contribution < 1.29 is 9.53 Å². The molecule has 0 aromatic heterocycles. The van der Waals surface area contributed by atoms with E-state index in [4.69, 9.17) is 15.7 Å². The van der Waals surface area contributed by atoms with Crippen LogP contribution in [-0.4, -0.2) is 42.6 Å². The third-order valence-corrected chi connectivity index (χ3v) is 2.53. The fourth-order valence-corrected chi connectivity index (χ4v) is 1.42. The summed E-state index contributed by atoms with van der Waals surface area (Å²) in [6, 6.07) is 1.52. The quantitative estimate of drug-likeness (QED) is 0.681. The molecule has 1 amide bonds. The molecule has 0 spiro atoms. The van der Waals surface area contributed by atoms with Gasteiger partial charge in [0.2, 0.25) is 5.91 Å². The van der Waals surface area contributed by atoms with Crippen LogP contribution in [0.2, 0.25) is 0 Å². The molecule has 1 aliphatic heterocycles. The third-order valence-electron chi connectivity index (χ3n) is 2.53. The van der Waals surface area contributed by atoms with Gasteiger partial charge in [-0.1, -0.05) is 13.8 Å². The minimum Gasteiger partial charge on any atom is -0.360 e. The lowest BCUT2D eigenvalue weighted by Crippen LogP contribution is -2.52. The monoisotopic (exact) mass is 211 g/mol. The molecule has 0 saturated carbocycles. The van der Waals surface area contributed by atoms with Gasteiger partial charge in [-0.25, -0.2) is 0 Å². The summed E-state index contributed by atoms with van der Waals surface area (Å²) in [6.45, 7) is 5.08. The molecule has 0 aliphatic carbocycles. The van der Waals surface area contributed by atoms with Crippen molar-refractivity contribution in [1.82, 2.24) is 4.90 Å². The standard InChI is InChI=1S/C10H17N3O2/c1-7(2)9(12)10(14)13-3-4-15-8(5-11)6-13/h7-9H,3-4,6,12H2,1-2H3/t8?,9-/m1/s1. The zero-order valence-corrected chi connectivity index (χ0v) is 9.14. The van der Waals surface area contributed by atoms with E-state index in [1.54, 1.807) is 4.90 Å². The van der Waals surface area contributed by atoms with Crippen molar-refractivity contribution >= 4 is 5.91 Å². The summed E-state index contributed by atoms with van der Waals surface area (Å²) in [7, 11) is 0. The second-order valence-electron chi connectivity index (χ2n) is 4.04. The maximum Gasteiger partial charge on any atom is 0.239 e. The van der Waals surface area contributed by atoms with Crippen molar-refractivity contribution in [1.29, 1.82) is 5.26 Å². The number of carbonyl (C=O) groups excluding carboxylic acids is 1. The molecule has 0 radical (unpaired) electrons. The van der Waals surface area contributed by atoms with Crippen molar-refractivity contribution in [3.05, 3.63) is 0 Å². The van der Waals surface area contributed by atoms with E-state index in [1.165, 1.54) is 0 Å². The van der Waals surface area contributed by atoms with Crippen LogP contribution in [0.1, 0.15) is 13.8 Å². The van der Waals surface area contributed by atoms with Crippen molar-refractivity contribution in [3.8, 4) is 6.07 Å². The van der Waals surface area contributed by atoms with Crippen LogP contribution in [-0.2, 0) is 9.53 Å². The number of nitrogens with zero attached hydrogens (tertiary/aromatic N) is 2. The van der Waals surface area contributed by atoms with E-state index in [0.717, 1.165) is 0 Å². The predicted molar refractivity (Wildman–Crippen MR) is 54.7 cm³/mol. The molecule has 2 atom stereocenters. The second-order valence-corrected chi connectivity index (χ2v) is 4.04. The molecular formula is C10H17N3O2. The first-order chi connectivity index (χ1) is 7.06. The van der Waals surface area contributed by atoms with Gasteiger partial charge in [-0.15, -0.1) is 0 Å². The second kappa shape index (κ2) is 5.10. The van der Waals surface area contributed by atoms with Crippen LogP contribution in [0, 0.1) is 17.2 Å². The highest BCUT2D eigenvalue weighted by Gasteiger charge is 2.28. The van der Waals surface area contributed by atoms with Crippen molar-refractivity contribution in [2.75, 3.05) is 19.7 Å². The molecule has 1 unspecified atom stereocenters. The maximum atomic E-state index is 11.8. The Labute approximate surface area is 89.8 Å². The average molecular weight is 211 g/mol. The maximum absolute atomic E-state index is 11.8. The molecule has 0 aromatic rings. The van der Waals surface area contributed by atoms with Crippen molar-refractivity contribution in [2.45, 2.75) is 26.0 Å². The Hall–Kier alpha value is -1.12. The molecule has 2 N–H and O–H groups in total. The normalized spacial score (nSPS) is 23.7. The van der Waals surface area contributed by atoms with E-state index in [-0.39, 0.29) is 11.8 Å². The fraction of sp³-hybridized carbons (Fsp3) is 0.800. The predicted octanol–water partition coefficient (Wildman–Crippen LogP) is -0.279. The number of ether oxygens (including phenoxy) is 1. The Morgan fingerprint density at radius 2 is 2.33 bits per heavy atom. The summed E-state index contributed by atoms with van der Waals surface area (Å²) >= 11 is 0. The summed E-state index contributed by atoms with van der Waals surface area (Å²) in [5, 5.41) is 8.69. The molecule has 0 bridgehead atoms. The van der Waals surface area contributed by atoms with Crippen molar-refractivity contribution in [2.24, 2.45) is 11.7 Å². The molecule has 1 heterocycles. The van der Waals surface area contributed by atoms with Gasteiger partial charge in [0.1, 0.15) is 0 Å². The van der Waals surface area contributed by atoms with Crippen LogP contribution in [0.3, 0.4) is 0 Å². The topological polar surface area (TPSA) is 79.3 Å². The number of hydrogen-bond acceptors (Lipinski definition) is 4. The van der Waals surface area contributed by atoms with Gasteiger partial charge in [0.05, 0.1) is 25.3 Å². The molecule has 15 heavy (non-hydrogen) atoms. The largest absolute Gasteiger partial charge is 0.360 e. The SMILES string of the molecule is CC(C)[C@@H](N)C(=O)N1CCOC(C#N)C1. The molecule has 1 rings (SSSR count). The van der Waals surface area contributed by atoms with E-state index in [1.807, 2.05) is 19.9 Å². The van der Waals surface area contributed by atoms with Gasteiger partial charge < -0.3 is 15.4 Å². The minimum atomic E-state index is -0.512. The lowest BCUT2D eigenvalue weighted by atomic mass is 10.0. The number of nitriles is 1. The van der Waals surface area contributed by atoms with E-state index < -0.39 is 12.1 Å². The summed E-state index contributed by atoms with van der Waals surface area (Å²) in [5.74, 6) is 0.0226. The van der Waals surface area contributed by atoms with Crippen LogP contribution < -0.4 is 5.73 Å². The van der Waals surface area contributed by atoms with E-state index in [2.05, 4.69) is 0 Å². The average Bonchev–Trinajstić information content (AvgIpc) is 2.27. The Balaban J connectivity index is 2.57. The number of carbonyl (C=O) groups is 1. The van der Waals surface area contributed by atoms with Crippen LogP contribution in [0.15, 0.2) is 0 Å². The summed E-state index contributed by atoms with van der Waals surface area (Å²) < 4.78 is 5.15. The number of morpholine rings is 1. The zero-order valence-electron chi connectivity index (χ0n) is 9.14. The molecule has 1 saturated heterocycles. The smallest absolute Gasteiger partial charge is 0.239 e. The highest BCUT2D eigenvalue weighted by molar-refractivity contribution is 5.82. The number of rotatable bonds is 2. The Morgan fingerprint density at radius 3 is 2.87 bits per heavy atom. The highest BCUT2D eigenvalue weighted by Crippen LogP contribution is 2.09. The van der Waals surface area contributed by atoms with Crippen LogP contribution in [0.5, 0.6) is 0 Å². The molecule has 84 valence electrons. The molecule has 5 heteroatoms.